The van der Waals surface area contributed by atoms with Crippen LogP contribution in [0.15, 0.2) is 5.11 Å². The number of nitrogens with zero attached hydrogens (tertiary/aromatic N) is 3. The van der Waals surface area contributed by atoms with Crippen LogP contribution in [0.4, 0.5) is 0 Å². The molecule has 8 nitrogen and oxygen atoms in total. The SMILES string of the molecule is CC(C)(C)[Si](C)(C)O[C@@H]1O[C@H](CO)[C@@H](O)[C@H](O)[C@H]1N=[N+]=[N-]. The average Bonchev–Trinajstić information content (AvgIpc) is 2.36. The second-order valence-electron chi connectivity index (χ2n) is 6.78. The summed E-state index contributed by atoms with van der Waals surface area (Å²) >= 11 is 0. The topological polar surface area (TPSA) is 128 Å². The van der Waals surface area contributed by atoms with Crippen LogP contribution in [-0.2, 0) is 9.16 Å². The molecule has 0 aromatic heterocycles. The number of aliphatic hydroxyl groups is 3. The van der Waals surface area contributed by atoms with E-state index in [1.807, 2.05) is 33.9 Å². The van der Waals surface area contributed by atoms with Gasteiger partial charge in [0, 0.05) is 4.91 Å². The van der Waals surface area contributed by atoms with Crippen LogP contribution in [0.3, 0.4) is 0 Å². The van der Waals surface area contributed by atoms with Gasteiger partial charge < -0.3 is 24.5 Å². The standard InChI is InChI=1S/C12H25N3O5Si/c1-12(2,3)21(4,5)20-11-8(14-15-13)10(18)9(17)7(6-16)19-11/h7-11,16-18H,6H2,1-5H3/t7-,8-,9-,10-,11+/m1/s1. The lowest BCUT2D eigenvalue weighted by Gasteiger charge is -2.45. The molecule has 9 heteroatoms. The molecule has 0 bridgehead atoms. The summed E-state index contributed by atoms with van der Waals surface area (Å²) < 4.78 is 11.5. The van der Waals surface area contributed by atoms with Crippen molar-refractivity contribution in [3.05, 3.63) is 10.4 Å². The van der Waals surface area contributed by atoms with E-state index in [1.54, 1.807) is 0 Å². The van der Waals surface area contributed by atoms with Gasteiger partial charge in [-0.3, -0.25) is 0 Å². The fraction of sp³-hybridized carbons (Fsp3) is 1.00. The van der Waals surface area contributed by atoms with Crippen LogP contribution in [-0.4, -0.2) is 60.9 Å². The lowest BCUT2D eigenvalue weighted by molar-refractivity contribution is -0.242. The Hall–Kier alpha value is -0.673. The number of ether oxygens (including phenoxy) is 1. The van der Waals surface area contributed by atoms with Gasteiger partial charge in [0.15, 0.2) is 14.6 Å². The zero-order chi connectivity index (χ0) is 16.4. The number of hydrogen-bond donors (Lipinski definition) is 3. The summed E-state index contributed by atoms with van der Waals surface area (Å²) in [5, 5.41) is 32.5. The molecule has 0 aromatic rings. The lowest BCUT2D eigenvalue weighted by Crippen LogP contribution is -2.61. The van der Waals surface area contributed by atoms with Crippen LogP contribution in [0.25, 0.3) is 10.4 Å². The Bertz CT molecular complexity index is 408. The minimum absolute atomic E-state index is 0.104. The highest BCUT2D eigenvalue weighted by molar-refractivity contribution is 6.74. The molecule has 1 aliphatic rings. The summed E-state index contributed by atoms with van der Waals surface area (Å²) in [6.07, 6.45) is -4.64. The van der Waals surface area contributed by atoms with Crippen LogP contribution in [0, 0.1) is 0 Å². The molecule has 0 radical (unpaired) electrons. The molecule has 0 aromatic carbocycles. The first kappa shape index (κ1) is 18.4. The van der Waals surface area contributed by atoms with E-state index in [1.165, 1.54) is 0 Å². The third-order valence-electron chi connectivity index (χ3n) is 4.25. The van der Waals surface area contributed by atoms with Crippen molar-refractivity contribution in [2.45, 2.75) is 69.5 Å². The smallest absolute Gasteiger partial charge is 0.195 e. The molecule has 0 aliphatic carbocycles. The summed E-state index contributed by atoms with van der Waals surface area (Å²) in [6, 6.07) is -1.05. The molecule has 1 aliphatic heterocycles. The van der Waals surface area contributed by atoms with E-state index in [9.17, 15) is 15.3 Å². The maximum Gasteiger partial charge on any atom is 0.195 e. The summed E-state index contributed by atoms with van der Waals surface area (Å²) in [6.45, 7) is 9.65. The van der Waals surface area contributed by atoms with Gasteiger partial charge in [-0.1, -0.05) is 25.9 Å². The zero-order valence-corrected chi connectivity index (χ0v) is 14.1. The van der Waals surface area contributed by atoms with E-state index in [-0.39, 0.29) is 5.04 Å². The van der Waals surface area contributed by atoms with Crippen LogP contribution in [0.5, 0.6) is 0 Å². The Morgan fingerprint density at radius 1 is 1.29 bits per heavy atom. The van der Waals surface area contributed by atoms with Gasteiger partial charge in [0.1, 0.15) is 18.2 Å². The summed E-state index contributed by atoms with van der Waals surface area (Å²) in [5.41, 5.74) is 8.64. The van der Waals surface area contributed by atoms with Gasteiger partial charge in [0.25, 0.3) is 0 Å². The minimum Gasteiger partial charge on any atom is -0.394 e. The lowest BCUT2D eigenvalue weighted by atomic mass is 9.98. The van der Waals surface area contributed by atoms with Crippen molar-refractivity contribution in [2.75, 3.05) is 6.61 Å². The van der Waals surface area contributed by atoms with Crippen LogP contribution in [0.1, 0.15) is 20.8 Å². The molecule has 1 fully saturated rings. The third-order valence-corrected chi connectivity index (χ3v) is 8.68. The minimum atomic E-state index is -2.24. The van der Waals surface area contributed by atoms with Gasteiger partial charge in [-0.2, -0.15) is 0 Å². The molecule has 122 valence electrons. The molecule has 3 N–H and O–H groups in total. The summed E-state index contributed by atoms with van der Waals surface area (Å²) in [5.74, 6) is 0. The molecule has 1 rings (SSSR count). The maximum atomic E-state index is 10.1. The van der Waals surface area contributed by atoms with Crippen molar-refractivity contribution in [2.24, 2.45) is 5.11 Å². The van der Waals surface area contributed by atoms with E-state index >= 15 is 0 Å². The number of azide groups is 1. The number of hydrogen-bond acceptors (Lipinski definition) is 6. The van der Waals surface area contributed by atoms with E-state index in [4.69, 9.17) is 14.7 Å². The largest absolute Gasteiger partial charge is 0.394 e. The molecular formula is C12H25N3O5Si. The van der Waals surface area contributed by atoms with Gasteiger partial charge in [-0.25, -0.2) is 0 Å². The Morgan fingerprint density at radius 3 is 2.29 bits per heavy atom. The van der Waals surface area contributed by atoms with Crippen LogP contribution < -0.4 is 0 Å². The fourth-order valence-corrected chi connectivity index (χ4v) is 2.94. The predicted molar refractivity (Wildman–Crippen MR) is 79.0 cm³/mol. The van der Waals surface area contributed by atoms with E-state index in [2.05, 4.69) is 10.0 Å². The Labute approximate surface area is 125 Å². The Balaban J connectivity index is 3.03. The quantitative estimate of drug-likeness (QED) is 0.310. The van der Waals surface area contributed by atoms with E-state index in [0.29, 0.717) is 0 Å². The average molecular weight is 319 g/mol. The van der Waals surface area contributed by atoms with Crippen molar-refractivity contribution in [3.8, 4) is 0 Å². The van der Waals surface area contributed by atoms with E-state index < -0.39 is 45.6 Å². The monoisotopic (exact) mass is 319 g/mol. The van der Waals surface area contributed by atoms with Gasteiger partial charge in [0.2, 0.25) is 0 Å². The number of aliphatic hydroxyl groups excluding tert-OH is 3. The fourth-order valence-electron chi connectivity index (χ4n) is 1.81. The van der Waals surface area contributed by atoms with Gasteiger partial charge in [-0.05, 0) is 23.7 Å². The first-order valence-electron chi connectivity index (χ1n) is 6.89. The highest BCUT2D eigenvalue weighted by atomic mass is 28.4. The van der Waals surface area contributed by atoms with Gasteiger partial charge >= 0.3 is 0 Å². The highest BCUT2D eigenvalue weighted by Gasteiger charge is 2.48. The first-order chi connectivity index (χ1) is 9.55. The number of rotatable bonds is 4. The second kappa shape index (κ2) is 6.61. The van der Waals surface area contributed by atoms with Crippen molar-refractivity contribution in [1.82, 2.24) is 0 Å². The van der Waals surface area contributed by atoms with Crippen LogP contribution in [0.2, 0.25) is 18.1 Å². The predicted octanol–water partition coefficient (Wildman–Crippen LogP) is 1.13. The van der Waals surface area contributed by atoms with Crippen molar-refractivity contribution >= 4 is 8.32 Å². The van der Waals surface area contributed by atoms with Gasteiger partial charge in [0.05, 0.1) is 12.7 Å². The molecule has 0 unspecified atom stereocenters. The van der Waals surface area contributed by atoms with Crippen molar-refractivity contribution < 1.29 is 24.5 Å². The second-order valence-corrected chi connectivity index (χ2v) is 11.5. The van der Waals surface area contributed by atoms with Crippen molar-refractivity contribution in [1.29, 1.82) is 0 Å². The molecule has 1 heterocycles. The molecule has 0 spiro atoms. The van der Waals surface area contributed by atoms with Crippen molar-refractivity contribution in [3.63, 3.8) is 0 Å². The highest BCUT2D eigenvalue weighted by Crippen LogP contribution is 2.39. The molecule has 21 heavy (non-hydrogen) atoms. The molecule has 0 amide bonds. The molecule has 0 saturated carbocycles. The summed E-state index contributed by atoms with van der Waals surface area (Å²) in [7, 11) is -2.24. The van der Waals surface area contributed by atoms with Gasteiger partial charge in [-0.15, -0.1) is 0 Å². The third kappa shape index (κ3) is 3.95. The maximum absolute atomic E-state index is 10.1. The Kier molecular flexibility index (Phi) is 5.79. The molecule has 5 atom stereocenters. The summed E-state index contributed by atoms with van der Waals surface area (Å²) in [4.78, 5) is 2.68. The van der Waals surface area contributed by atoms with E-state index in [0.717, 1.165) is 0 Å². The normalized spacial score (nSPS) is 34.4. The Morgan fingerprint density at radius 2 is 1.86 bits per heavy atom. The molecular weight excluding hydrogens is 294 g/mol. The first-order valence-corrected chi connectivity index (χ1v) is 9.80. The molecule has 1 saturated heterocycles. The van der Waals surface area contributed by atoms with Crippen LogP contribution >= 0.6 is 0 Å². The zero-order valence-electron chi connectivity index (χ0n) is 13.1.